The van der Waals surface area contributed by atoms with Crippen molar-refractivity contribution in [1.29, 1.82) is 0 Å². The summed E-state index contributed by atoms with van der Waals surface area (Å²) in [5, 5.41) is 8.12. The number of benzene rings is 1. The van der Waals surface area contributed by atoms with Gasteiger partial charge in [0.2, 0.25) is 17.6 Å². The lowest BCUT2D eigenvalue weighted by Crippen LogP contribution is -2.12. The third-order valence-corrected chi connectivity index (χ3v) is 5.30. The number of carbonyl (C=O) groups excluding carboxylic acids is 1. The summed E-state index contributed by atoms with van der Waals surface area (Å²) in [6, 6.07) is 7.19. The van der Waals surface area contributed by atoms with Crippen molar-refractivity contribution in [3.63, 3.8) is 0 Å². The first-order valence-corrected chi connectivity index (χ1v) is 9.24. The molecular formula is C17H15ClN4O2S. The fourth-order valence-corrected chi connectivity index (χ4v) is 3.91. The lowest BCUT2D eigenvalue weighted by Gasteiger charge is -1.99. The molecule has 0 spiro atoms. The van der Waals surface area contributed by atoms with Crippen molar-refractivity contribution in [2.75, 3.05) is 5.32 Å². The molecule has 1 aliphatic rings. The third kappa shape index (κ3) is 3.72. The van der Waals surface area contributed by atoms with Gasteiger partial charge in [0.05, 0.1) is 5.69 Å². The molecule has 25 heavy (non-hydrogen) atoms. The third-order valence-electron chi connectivity index (χ3n) is 3.98. The van der Waals surface area contributed by atoms with Gasteiger partial charge >= 0.3 is 0 Å². The number of fused-ring (bicyclic) bond motifs is 1. The Bertz CT molecular complexity index is 882. The summed E-state index contributed by atoms with van der Waals surface area (Å²) in [6.45, 7) is 0. The maximum atomic E-state index is 12.1. The van der Waals surface area contributed by atoms with Crippen LogP contribution in [0, 0.1) is 0 Å². The molecule has 1 aromatic carbocycles. The van der Waals surface area contributed by atoms with Gasteiger partial charge in [-0.2, -0.15) is 4.98 Å². The van der Waals surface area contributed by atoms with Crippen LogP contribution in [0.2, 0.25) is 5.02 Å². The number of hydrogen-bond acceptors (Lipinski definition) is 6. The van der Waals surface area contributed by atoms with E-state index in [2.05, 4.69) is 20.4 Å². The van der Waals surface area contributed by atoms with Gasteiger partial charge in [0.25, 0.3) is 0 Å². The molecule has 0 saturated carbocycles. The minimum Gasteiger partial charge on any atom is -0.339 e. The monoisotopic (exact) mass is 374 g/mol. The first-order chi connectivity index (χ1) is 12.2. The van der Waals surface area contributed by atoms with Gasteiger partial charge in [-0.05, 0) is 43.5 Å². The minimum absolute atomic E-state index is 0.0985. The largest absolute Gasteiger partial charge is 0.339 e. The van der Waals surface area contributed by atoms with Crippen molar-refractivity contribution in [2.45, 2.75) is 32.1 Å². The SMILES string of the molecule is O=C(CCc1nc(-c2ccc(Cl)cc2)no1)Nc1nc2c(s1)CCC2. The Kier molecular flexibility index (Phi) is 4.50. The molecular weight excluding hydrogens is 360 g/mol. The molecule has 0 radical (unpaired) electrons. The van der Waals surface area contributed by atoms with Gasteiger partial charge in [0.15, 0.2) is 5.13 Å². The maximum Gasteiger partial charge on any atom is 0.227 e. The quantitative estimate of drug-likeness (QED) is 0.732. The van der Waals surface area contributed by atoms with E-state index in [1.54, 1.807) is 23.5 Å². The number of carbonyl (C=O) groups is 1. The second-order valence-corrected chi connectivity index (χ2v) is 7.33. The van der Waals surface area contributed by atoms with E-state index in [-0.39, 0.29) is 12.3 Å². The molecule has 3 aromatic rings. The number of aromatic nitrogens is 3. The van der Waals surface area contributed by atoms with Crippen LogP contribution in [-0.2, 0) is 24.1 Å². The summed E-state index contributed by atoms with van der Waals surface area (Å²) >= 11 is 7.44. The fourth-order valence-electron chi connectivity index (χ4n) is 2.72. The number of anilines is 1. The molecule has 0 fully saturated rings. The predicted octanol–water partition coefficient (Wildman–Crippen LogP) is 3.91. The standard InChI is InChI=1S/C17H15ClN4O2S/c18-11-6-4-10(5-7-11)16-21-15(24-22-16)9-8-14(23)20-17-19-12-2-1-3-13(12)25-17/h4-7H,1-3,8-9H2,(H,19,20,23). The van der Waals surface area contributed by atoms with Crippen molar-refractivity contribution in [3.05, 3.63) is 45.7 Å². The number of nitrogens with one attached hydrogen (secondary N) is 1. The second kappa shape index (κ2) is 6.93. The highest BCUT2D eigenvalue weighted by Crippen LogP contribution is 2.30. The van der Waals surface area contributed by atoms with Crippen molar-refractivity contribution in [3.8, 4) is 11.4 Å². The number of thiazole rings is 1. The molecule has 6 nitrogen and oxygen atoms in total. The highest BCUT2D eigenvalue weighted by atomic mass is 35.5. The van der Waals surface area contributed by atoms with E-state index in [1.807, 2.05) is 12.1 Å². The average Bonchev–Trinajstić information content (AvgIpc) is 3.29. The van der Waals surface area contributed by atoms with E-state index < -0.39 is 0 Å². The fraction of sp³-hybridized carbons (Fsp3) is 0.294. The van der Waals surface area contributed by atoms with Crippen molar-refractivity contribution in [1.82, 2.24) is 15.1 Å². The Morgan fingerprint density at radius 2 is 2.08 bits per heavy atom. The van der Waals surface area contributed by atoms with E-state index in [0.29, 0.717) is 28.3 Å². The Morgan fingerprint density at radius 3 is 2.88 bits per heavy atom. The van der Waals surface area contributed by atoms with Crippen LogP contribution in [0.3, 0.4) is 0 Å². The van der Waals surface area contributed by atoms with Gasteiger partial charge < -0.3 is 9.84 Å². The average molecular weight is 375 g/mol. The highest BCUT2D eigenvalue weighted by Gasteiger charge is 2.18. The molecule has 2 aromatic heterocycles. The molecule has 0 aliphatic heterocycles. The van der Waals surface area contributed by atoms with Crippen LogP contribution in [0.4, 0.5) is 5.13 Å². The van der Waals surface area contributed by atoms with Crippen LogP contribution in [0.5, 0.6) is 0 Å². The molecule has 0 bridgehead atoms. The normalized spacial score (nSPS) is 13.0. The summed E-state index contributed by atoms with van der Waals surface area (Å²) in [4.78, 5) is 22.1. The van der Waals surface area contributed by atoms with Crippen molar-refractivity contribution >= 4 is 34.0 Å². The van der Waals surface area contributed by atoms with E-state index >= 15 is 0 Å². The highest BCUT2D eigenvalue weighted by molar-refractivity contribution is 7.15. The second-order valence-electron chi connectivity index (χ2n) is 5.81. The van der Waals surface area contributed by atoms with Crippen molar-refractivity contribution in [2.24, 2.45) is 0 Å². The van der Waals surface area contributed by atoms with Gasteiger partial charge in [-0.15, -0.1) is 11.3 Å². The molecule has 0 unspecified atom stereocenters. The topological polar surface area (TPSA) is 80.9 Å². The Hall–Kier alpha value is -2.25. The lowest BCUT2D eigenvalue weighted by molar-refractivity contribution is -0.116. The number of rotatable bonds is 5. The number of halogens is 1. The molecule has 1 amide bonds. The molecule has 1 aliphatic carbocycles. The summed E-state index contributed by atoms with van der Waals surface area (Å²) < 4.78 is 5.21. The Labute approximate surface area is 153 Å². The summed E-state index contributed by atoms with van der Waals surface area (Å²) in [6.07, 6.45) is 3.90. The van der Waals surface area contributed by atoms with Crippen LogP contribution < -0.4 is 5.32 Å². The van der Waals surface area contributed by atoms with Gasteiger partial charge in [0.1, 0.15) is 0 Å². The van der Waals surface area contributed by atoms with Crippen LogP contribution >= 0.6 is 22.9 Å². The van der Waals surface area contributed by atoms with E-state index in [4.69, 9.17) is 16.1 Å². The Morgan fingerprint density at radius 1 is 1.24 bits per heavy atom. The summed E-state index contributed by atoms with van der Waals surface area (Å²) in [5.74, 6) is 0.823. The van der Waals surface area contributed by atoms with Crippen LogP contribution in [0.25, 0.3) is 11.4 Å². The van der Waals surface area contributed by atoms with Crippen molar-refractivity contribution < 1.29 is 9.32 Å². The molecule has 128 valence electrons. The predicted molar refractivity (Wildman–Crippen MR) is 95.8 cm³/mol. The lowest BCUT2D eigenvalue weighted by atomic mass is 10.2. The molecule has 8 heteroatoms. The van der Waals surface area contributed by atoms with Crippen LogP contribution in [0.15, 0.2) is 28.8 Å². The van der Waals surface area contributed by atoms with Gasteiger partial charge in [0, 0.05) is 28.3 Å². The molecule has 0 atom stereocenters. The smallest absolute Gasteiger partial charge is 0.227 e. The first-order valence-electron chi connectivity index (χ1n) is 8.04. The molecule has 1 N–H and O–H groups in total. The summed E-state index contributed by atoms with van der Waals surface area (Å²) in [7, 11) is 0. The minimum atomic E-state index is -0.0985. The molecule has 2 heterocycles. The van der Waals surface area contributed by atoms with Gasteiger partial charge in [-0.3, -0.25) is 4.79 Å². The summed E-state index contributed by atoms with van der Waals surface area (Å²) in [5.41, 5.74) is 1.95. The number of hydrogen-bond donors (Lipinski definition) is 1. The Balaban J connectivity index is 1.33. The van der Waals surface area contributed by atoms with E-state index in [9.17, 15) is 4.79 Å². The van der Waals surface area contributed by atoms with Crippen LogP contribution in [0.1, 0.15) is 29.3 Å². The zero-order chi connectivity index (χ0) is 17.2. The molecule has 0 saturated heterocycles. The zero-order valence-electron chi connectivity index (χ0n) is 13.3. The molecule has 4 rings (SSSR count). The number of amides is 1. The first kappa shape index (κ1) is 16.2. The van der Waals surface area contributed by atoms with Gasteiger partial charge in [-0.1, -0.05) is 16.8 Å². The van der Waals surface area contributed by atoms with E-state index in [1.165, 1.54) is 4.88 Å². The number of aryl methyl sites for hydroxylation is 3. The maximum absolute atomic E-state index is 12.1. The van der Waals surface area contributed by atoms with E-state index in [0.717, 1.165) is 30.5 Å². The number of nitrogens with zero attached hydrogens (tertiary/aromatic N) is 3. The van der Waals surface area contributed by atoms with Gasteiger partial charge in [-0.25, -0.2) is 4.98 Å². The van der Waals surface area contributed by atoms with Crippen LogP contribution in [-0.4, -0.2) is 21.0 Å². The zero-order valence-corrected chi connectivity index (χ0v) is 14.9.